The van der Waals surface area contributed by atoms with Crippen molar-refractivity contribution in [3.05, 3.63) is 44.8 Å². The molecule has 0 fully saturated rings. The maximum absolute atomic E-state index is 12.5. The second kappa shape index (κ2) is 7.79. The number of rotatable bonds is 6. The van der Waals surface area contributed by atoms with Crippen molar-refractivity contribution in [3.8, 4) is 0 Å². The zero-order chi connectivity index (χ0) is 16.1. The summed E-state index contributed by atoms with van der Waals surface area (Å²) in [5.74, 6) is 0.701. The van der Waals surface area contributed by atoms with Crippen LogP contribution in [0.1, 0.15) is 49.5 Å². The van der Waals surface area contributed by atoms with Gasteiger partial charge in [-0.05, 0) is 34.7 Å². The number of amides is 2. The molecule has 5 heteroatoms. The van der Waals surface area contributed by atoms with E-state index in [-0.39, 0.29) is 18.1 Å². The average molecular weight is 337 g/mol. The fraction of sp³-hybridized carbons (Fsp3) is 0.471. The van der Waals surface area contributed by atoms with Gasteiger partial charge in [0.15, 0.2) is 0 Å². The van der Waals surface area contributed by atoms with Gasteiger partial charge in [-0.25, -0.2) is 4.79 Å². The maximum atomic E-state index is 12.5. The molecule has 0 saturated carbocycles. The van der Waals surface area contributed by atoms with E-state index in [9.17, 15) is 4.79 Å². The predicted octanol–water partition coefficient (Wildman–Crippen LogP) is 5.20. The Bertz CT molecular complexity index is 511. The summed E-state index contributed by atoms with van der Waals surface area (Å²) < 4.78 is 0. The Labute approximate surface area is 140 Å². The molecule has 2 rings (SSSR count). The van der Waals surface area contributed by atoms with E-state index >= 15 is 0 Å². The molecule has 0 spiro atoms. The minimum absolute atomic E-state index is 0.0520. The number of urea groups is 1. The summed E-state index contributed by atoms with van der Waals surface area (Å²) in [6.45, 7) is 8.52. The van der Waals surface area contributed by atoms with E-state index < -0.39 is 0 Å². The van der Waals surface area contributed by atoms with E-state index in [0.29, 0.717) is 11.8 Å². The number of hydrogen-bond acceptors (Lipinski definition) is 3. The molecule has 0 aromatic carbocycles. The molecule has 0 aliphatic carbocycles. The van der Waals surface area contributed by atoms with Gasteiger partial charge in [-0.2, -0.15) is 0 Å². The first-order valence-corrected chi connectivity index (χ1v) is 9.38. The summed E-state index contributed by atoms with van der Waals surface area (Å²) in [4.78, 5) is 14.8. The van der Waals surface area contributed by atoms with E-state index in [2.05, 4.69) is 50.5 Å². The third kappa shape index (κ3) is 4.34. The normalized spacial score (nSPS) is 14.1. The molecule has 0 aliphatic rings. The van der Waals surface area contributed by atoms with Crippen LogP contribution in [0.25, 0.3) is 0 Å². The molecular formula is C17H24N2OS2. The van der Waals surface area contributed by atoms with Crippen LogP contribution in [0.3, 0.4) is 0 Å². The molecular weight excluding hydrogens is 312 g/mol. The van der Waals surface area contributed by atoms with Crippen molar-refractivity contribution < 1.29 is 4.79 Å². The highest BCUT2D eigenvalue weighted by molar-refractivity contribution is 7.10. The lowest BCUT2D eigenvalue weighted by Crippen LogP contribution is -2.42. The van der Waals surface area contributed by atoms with Crippen molar-refractivity contribution in [3.63, 3.8) is 0 Å². The van der Waals surface area contributed by atoms with E-state index in [1.165, 1.54) is 9.75 Å². The number of nitrogens with one attached hydrogen (secondary N) is 2. The highest BCUT2D eigenvalue weighted by Crippen LogP contribution is 2.28. The van der Waals surface area contributed by atoms with E-state index in [0.717, 1.165) is 0 Å². The van der Waals surface area contributed by atoms with Crippen LogP contribution in [-0.2, 0) is 0 Å². The molecule has 2 aromatic rings. The number of carbonyl (C=O) groups excluding carboxylic acids is 1. The summed E-state index contributed by atoms with van der Waals surface area (Å²) in [6.07, 6.45) is 0. The van der Waals surface area contributed by atoms with Crippen LogP contribution in [-0.4, -0.2) is 6.03 Å². The van der Waals surface area contributed by atoms with Gasteiger partial charge in [-0.1, -0.05) is 39.8 Å². The molecule has 0 unspecified atom stereocenters. The highest BCUT2D eigenvalue weighted by Gasteiger charge is 2.23. The van der Waals surface area contributed by atoms with Crippen LogP contribution in [0.5, 0.6) is 0 Å². The highest BCUT2D eigenvalue weighted by atomic mass is 32.1. The second-order valence-electron chi connectivity index (χ2n) is 6.09. The molecule has 2 N–H and O–H groups in total. The maximum Gasteiger partial charge on any atom is 0.315 e. The summed E-state index contributed by atoms with van der Waals surface area (Å²) >= 11 is 3.37. The predicted molar refractivity (Wildman–Crippen MR) is 95.5 cm³/mol. The number of hydrogen-bond donors (Lipinski definition) is 2. The van der Waals surface area contributed by atoms with Crippen molar-refractivity contribution >= 4 is 28.7 Å². The van der Waals surface area contributed by atoms with Gasteiger partial charge >= 0.3 is 6.03 Å². The number of carbonyl (C=O) groups is 1. The van der Waals surface area contributed by atoms with Gasteiger partial charge in [-0.15, -0.1) is 22.7 Å². The van der Waals surface area contributed by atoms with Gasteiger partial charge in [0.05, 0.1) is 12.1 Å². The SMILES string of the molecule is CC(C)[C@@H](NC(=O)N[C@@H](c1cccs1)C(C)C)c1cccs1. The molecule has 3 nitrogen and oxygen atoms in total. The van der Waals surface area contributed by atoms with E-state index in [4.69, 9.17) is 0 Å². The molecule has 0 radical (unpaired) electrons. The van der Waals surface area contributed by atoms with Crippen molar-refractivity contribution in [1.29, 1.82) is 0 Å². The summed E-state index contributed by atoms with van der Waals surface area (Å²) in [5, 5.41) is 10.4. The first kappa shape index (κ1) is 17.0. The smallest absolute Gasteiger partial charge is 0.315 e. The van der Waals surface area contributed by atoms with Crippen LogP contribution < -0.4 is 10.6 Å². The minimum Gasteiger partial charge on any atom is -0.330 e. The summed E-state index contributed by atoms with van der Waals surface area (Å²) in [6, 6.07) is 8.21. The third-order valence-corrected chi connectivity index (χ3v) is 5.52. The third-order valence-electron chi connectivity index (χ3n) is 3.61. The standard InChI is InChI=1S/C17H24N2OS2/c1-11(2)15(13-7-5-9-21-13)18-17(20)19-16(12(3)4)14-8-6-10-22-14/h5-12,15-16H,1-4H3,(H2,18,19,20)/t15-,16-/m1/s1. The van der Waals surface area contributed by atoms with Crippen molar-refractivity contribution in [2.45, 2.75) is 39.8 Å². The van der Waals surface area contributed by atoms with Gasteiger partial charge in [0.2, 0.25) is 0 Å². The first-order chi connectivity index (χ1) is 10.5. The van der Waals surface area contributed by atoms with E-state index in [1.54, 1.807) is 22.7 Å². The molecule has 0 aliphatic heterocycles. The Morgan fingerprint density at radius 2 is 1.27 bits per heavy atom. The Morgan fingerprint density at radius 3 is 1.55 bits per heavy atom. The largest absolute Gasteiger partial charge is 0.330 e. The lowest BCUT2D eigenvalue weighted by molar-refractivity contribution is 0.226. The molecule has 2 heterocycles. The van der Waals surface area contributed by atoms with Gasteiger partial charge in [0.25, 0.3) is 0 Å². The minimum atomic E-state index is -0.0980. The Morgan fingerprint density at radius 1 is 0.864 bits per heavy atom. The van der Waals surface area contributed by atoms with Gasteiger partial charge in [0, 0.05) is 9.75 Å². The van der Waals surface area contributed by atoms with Crippen LogP contribution in [0.2, 0.25) is 0 Å². The molecule has 0 bridgehead atoms. The van der Waals surface area contributed by atoms with E-state index in [1.807, 2.05) is 22.9 Å². The molecule has 2 amide bonds. The first-order valence-electron chi connectivity index (χ1n) is 7.63. The van der Waals surface area contributed by atoms with Crippen molar-refractivity contribution in [2.24, 2.45) is 11.8 Å². The molecule has 120 valence electrons. The molecule has 0 saturated heterocycles. The summed E-state index contributed by atoms with van der Waals surface area (Å²) in [5.41, 5.74) is 0. The summed E-state index contributed by atoms with van der Waals surface area (Å²) in [7, 11) is 0. The van der Waals surface area contributed by atoms with Gasteiger partial charge in [0.1, 0.15) is 0 Å². The zero-order valence-corrected chi connectivity index (χ0v) is 15.1. The van der Waals surface area contributed by atoms with Crippen LogP contribution >= 0.6 is 22.7 Å². The Kier molecular flexibility index (Phi) is 6.03. The molecule has 22 heavy (non-hydrogen) atoms. The van der Waals surface area contributed by atoms with Gasteiger partial charge < -0.3 is 10.6 Å². The molecule has 2 aromatic heterocycles. The van der Waals surface area contributed by atoms with Crippen LogP contribution in [0, 0.1) is 11.8 Å². The average Bonchev–Trinajstić information content (AvgIpc) is 3.14. The fourth-order valence-electron chi connectivity index (χ4n) is 2.39. The Balaban J connectivity index is 2.04. The monoisotopic (exact) mass is 336 g/mol. The molecule has 2 atom stereocenters. The lowest BCUT2D eigenvalue weighted by atomic mass is 10.0. The quantitative estimate of drug-likeness (QED) is 0.747. The van der Waals surface area contributed by atoms with Crippen molar-refractivity contribution in [1.82, 2.24) is 10.6 Å². The fourth-order valence-corrected chi connectivity index (χ4v) is 4.29. The topological polar surface area (TPSA) is 41.1 Å². The lowest BCUT2D eigenvalue weighted by Gasteiger charge is -2.25. The number of thiophene rings is 2. The van der Waals surface area contributed by atoms with Gasteiger partial charge in [-0.3, -0.25) is 0 Å². The Hall–Kier alpha value is -1.33. The zero-order valence-electron chi connectivity index (χ0n) is 13.5. The second-order valence-corrected chi connectivity index (χ2v) is 8.05. The van der Waals surface area contributed by atoms with Crippen LogP contribution in [0.4, 0.5) is 4.79 Å². The van der Waals surface area contributed by atoms with Crippen LogP contribution in [0.15, 0.2) is 35.0 Å². The van der Waals surface area contributed by atoms with Crippen molar-refractivity contribution in [2.75, 3.05) is 0 Å².